The van der Waals surface area contributed by atoms with Crippen molar-refractivity contribution >= 4 is 0 Å². The smallest absolute Gasteiger partial charge is 0.0241 e. The predicted octanol–water partition coefficient (Wildman–Crippen LogP) is 4.20. The highest BCUT2D eigenvalue weighted by molar-refractivity contribution is 5.24. The molecule has 1 aromatic carbocycles. The summed E-state index contributed by atoms with van der Waals surface area (Å²) in [7, 11) is 0. The van der Waals surface area contributed by atoms with Crippen molar-refractivity contribution in [2.24, 2.45) is 0 Å². The van der Waals surface area contributed by atoms with Gasteiger partial charge in [-0.25, -0.2) is 0 Å². The third-order valence-electron chi connectivity index (χ3n) is 2.96. The lowest BCUT2D eigenvalue weighted by Gasteiger charge is -2.08. The van der Waals surface area contributed by atoms with Gasteiger partial charge in [0.1, 0.15) is 0 Å². The highest BCUT2D eigenvalue weighted by Crippen LogP contribution is 2.18. The van der Waals surface area contributed by atoms with E-state index in [0.29, 0.717) is 0 Å². The first-order valence-electron chi connectivity index (χ1n) is 5.75. The molecule has 0 heterocycles. The van der Waals surface area contributed by atoms with Crippen LogP contribution in [0.15, 0.2) is 48.1 Å². The number of hydrogen-bond donors (Lipinski definition) is 0. The summed E-state index contributed by atoms with van der Waals surface area (Å²) in [6, 6.07) is 8.89. The van der Waals surface area contributed by atoms with Crippen LogP contribution in [0.3, 0.4) is 0 Å². The Morgan fingerprint density at radius 3 is 2.53 bits per heavy atom. The minimum atomic E-state index is 1.18. The zero-order chi connectivity index (χ0) is 10.5. The highest BCUT2D eigenvalue weighted by Gasteiger charge is 2.00. The monoisotopic (exact) mass is 198 g/mol. The van der Waals surface area contributed by atoms with Gasteiger partial charge in [-0.05, 0) is 38.2 Å². The minimum absolute atomic E-state index is 1.18. The molecule has 0 nitrogen and oxygen atoms in total. The van der Waals surface area contributed by atoms with Crippen LogP contribution in [0, 0.1) is 6.92 Å². The van der Waals surface area contributed by atoms with Gasteiger partial charge in [-0.15, -0.1) is 0 Å². The quantitative estimate of drug-likeness (QED) is 0.682. The third-order valence-corrected chi connectivity index (χ3v) is 2.96. The number of rotatable bonds is 3. The molecule has 0 aliphatic heterocycles. The van der Waals surface area contributed by atoms with Crippen molar-refractivity contribution in [2.75, 3.05) is 0 Å². The van der Waals surface area contributed by atoms with E-state index in [1.807, 2.05) is 0 Å². The fourth-order valence-corrected chi connectivity index (χ4v) is 1.92. The molecule has 0 unspecified atom stereocenters. The molecule has 1 aliphatic rings. The largest absolute Gasteiger partial charge is 0.0842 e. The Bertz CT molecular complexity index is 366. The van der Waals surface area contributed by atoms with E-state index in [1.165, 1.54) is 36.8 Å². The third kappa shape index (κ3) is 3.09. The Labute approximate surface area is 92.3 Å². The lowest BCUT2D eigenvalue weighted by atomic mass is 9.97. The maximum Gasteiger partial charge on any atom is -0.0241 e. The first-order chi connectivity index (χ1) is 7.34. The van der Waals surface area contributed by atoms with E-state index in [9.17, 15) is 0 Å². The van der Waals surface area contributed by atoms with Gasteiger partial charge in [-0.2, -0.15) is 0 Å². The van der Waals surface area contributed by atoms with Crippen LogP contribution in [0.5, 0.6) is 0 Å². The second-order valence-electron chi connectivity index (χ2n) is 4.28. The van der Waals surface area contributed by atoms with E-state index in [1.54, 1.807) is 5.57 Å². The fourth-order valence-electron chi connectivity index (χ4n) is 1.92. The summed E-state index contributed by atoms with van der Waals surface area (Å²) in [5.74, 6) is 0. The van der Waals surface area contributed by atoms with Gasteiger partial charge in [0, 0.05) is 0 Å². The first kappa shape index (κ1) is 10.2. The van der Waals surface area contributed by atoms with Gasteiger partial charge < -0.3 is 0 Å². The van der Waals surface area contributed by atoms with Crippen LogP contribution < -0.4 is 0 Å². The second kappa shape index (κ2) is 4.97. The van der Waals surface area contributed by atoms with Crippen molar-refractivity contribution in [3.63, 3.8) is 0 Å². The molecule has 0 atom stereocenters. The summed E-state index contributed by atoms with van der Waals surface area (Å²) in [6.45, 7) is 2.14. The average molecular weight is 198 g/mol. The van der Waals surface area contributed by atoms with E-state index < -0.39 is 0 Å². The Kier molecular flexibility index (Phi) is 3.39. The van der Waals surface area contributed by atoms with Crippen LogP contribution >= 0.6 is 0 Å². The lowest BCUT2D eigenvalue weighted by Crippen LogP contribution is -1.91. The SMILES string of the molecule is Cc1ccc(CCC2=CC=CCC2)cc1. The molecule has 1 aliphatic carbocycles. The van der Waals surface area contributed by atoms with E-state index >= 15 is 0 Å². The van der Waals surface area contributed by atoms with E-state index in [4.69, 9.17) is 0 Å². The molecule has 0 heteroatoms. The van der Waals surface area contributed by atoms with Crippen LogP contribution in [0.25, 0.3) is 0 Å². The highest BCUT2D eigenvalue weighted by atomic mass is 14.1. The number of hydrogen-bond acceptors (Lipinski definition) is 0. The van der Waals surface area contributed by atoms with Crippen LogP contribution in [-0.4, -0.2) is 0 Å². The molecule has 0 bridgehead atoms. The maximum absolute atomic E-state index is 2.28. The molecule has 0 aromatic heterocycles. The zero-order valence-corrected chi connectivity index (χ0v) is 9.37. The molecule has 0 spiro atoms. The molecule has 0 fully saturated rings. The molecule has 0 N–H and O–H groups in total. The normalized spacial score (nSPS) is 15.1. The van der Waals surface area contributed by atoms with E-state index in [-0.39, 0.29) is 0 Å². The van der Waals surface area contributed by atoms with Gasteiger partial charge in [0.2, 0.25) is 0 Å². The van der Waals surface area contributed by atoms with Crippen LogP contribution in [-0.2, 0) is 6.42 Å². The van der Waals surface area contributed by atoms with Gasteiger partial charge in [-0.1, -0.05) is 53.6 Å². The van der Waals surface area contributed by atoms with Crippen LogP contribution in [0.1, 0.15) is 30.4 Å². The zero-order valence-electron chi connectivity index (χ0n) is 9.37. The van der Waals surface area contributed by atoms with Crippen molar-refractivity contribution in [2.45, 2.75) is 32.6 Å². The van der Waals surface area contributed by atoms with Crippen molar-refractivity contribution in [3.8, 4) is 0 Å². The van der Waals surface area contributed by atoms with E-state index in [2.05, 4.69) is 49.4 Å². The predicted molar refractivity (Wildman–Crippen MR) is 66.0 cm³/mol. The summed E-state index contributed by atoms with van der Waals surface area (Å²) in [5.41, 5.74) is 4.40. The number of benzene rings is 1. The molecule has 78 valence electrons. The molecule has 1 aromatic rings. The Balaban J connectivity index is 1.90. The molecular formula is C15H18. The summed E-state index contributed by atoms with van der Waals surface area (Å²) in [4.78, 5) is 0. The van der Waals surface area contributed by atoms with Gasteiger partial charge >= 0.3 is 0 Å². The second-order valence-corrected chi connectivity index (χ2v) is 4.28. The molecule has 0 amide bonds. The van der Waals surface area contributed by atoms with Gasteiger partial charge in [0.05, 0.1) is 0 Å². The summed E-state index contributed by atoms with van der Waals surface area (Å²) in [5, 5.41) is 0. The minimum Gasteiger partial charge on any atom is -0.0842 e. The fraction of sp³-hybridized carbons (Fsp3) is 0.333. The molecular weight excluding hydrogens is 180 g/mol. The van der Waals surface area contributed by atoms with Gasteiger partial charge in [0.15, 0.2) is 0 Å². The summed E-state index contributed by atoms with van der Waals surface area (Å²) >= 11 is 0. The summed E-state index contributed by atoms with van der Waals surface area (Å²) < 4.78 is 0. The van der Waals surface area contributed by atoms with Crippen molar-refractivity contribution in [1.82, 2.24) is 0 Å². The van der Waals surface area contributed by atoms with Crippen LogP contribution in [0.4, 0.5) is 0 Å². The molecule has 0 saturated heterocycles. The van der Waals surface area contributed by atoms with Gasteiger partial charge in [0.25, 0.3) is 0 Å². The average Bonchev–Trinajstić information content (AvgIpc) is 2.30. The summed E-state index contributed by atoms with van der Waals surface area (Å²) in [6.07, 6.45) is 11.6. The maximum atomic E-state index is 2.28. The lowest BCUT2D eigenvalue weighted by molar-refractivity contribution is 0.839. The van der Waals surface area contributed by atoms with E-state index in [0.717, 1.165) is 0 Å². The van der Waals surface area contributed by atoms with Crippen molar-refractivity contribution in [3.05, 3.63) is 59.2 Å². The number of allylic oxidation sites excluding steroid dienone is 4. The molecule has 2 rings (SSSR count). The Hall–Kier alpha value is -1.30. The molecule has 15 heavy (non-hydrogen) atoms. The van der Waals surface area contributed by atoms with Crippen molar-refractivity contribution < 1.29 is 0 Å². The Morgan fingerprint density at radius 2 is 1.87 bits per heavy atom. The topological polar surface area (TPSA) is 0 Å². The standard InChI is InChI=1S/C15H18/c1-13-7-9-15(10-8-13)12-11-14-5-3-2-4-6-14/h2-3,5,7-10H,4,6,11-12H2,1H3. The van der Waals surface area contributed by atoms with Gasteiger partial charge in [-0.3, -0.25) is 0 Å². The first-order valence-corrected chi connectivity index (χ1v) is 5.75. The number of aryl methyl sites for hydroxylation is 2. The Morgan fingerprint density at radius 1 is 1.07 bits per heavy atom. The van der Waals surface area contributed by atoms with Crippen molar-refractivity contribution in [1.29, 1.82) is 0 Å². The molecule has 0 saturated carbocycles. The molecule has 0 radical (unpaired) electrons. The van der Waals surface area contributed by atoms with Crippen LogP contribution in [0.2, 0.25) is 0 Å².